The first kappa shape index (κ1) is 10.6. The van der Waals surface area contributed by atoms with Crippen molar-refractivity contribution in [3.63, 3.8) is 0 Å². The fraction of sp³-hybridized carbons (Fsp3) is 0.100. The van der Waals surface area contributed by atoms with E-state index in [-0.39, 0.29) is 5.91 Å². The highest BCUT2D eigenvalue weighted by molar-refractivity contribution is 7.15. The molecule has 2 rings (SSSR count). The summed E-state index contributed by atoms with van der Waals surface area (Å²) in [6.07, 6.45) is 4.22. The fourth-order valence-electron chi connectivity index (χ4n) is 1.17. The molecule has 0 aromatic carbocycles. The first-order valence-corrected chi connectivity index (χ1v) is 5.39. The number of rotatable bonds is 2. The van der Waals surface area contributed by atoms with Crippen molar-refractivity contribution in [2.75, 3.05) is 5.32 Å². The number of thiazole rings is 1. The van der Waals surface area contributed by atoms with Gasteiger partial charge in [0.05, 0.1) is 0 Å². The molecular formula is C10H9N3O2S. The van der Waals surface area contributed by atoms with E-state index in [0.717, 1.165) is 4.88 Å². The lowest BCUT2D eigenvalue weighted by Crippen LogP contribution is -2.27. The molecular weight excluding hydrogens is 226 g/mol. The van der Waals surface area contributed by atoms with Crippen LogP contribution >= 0.6 is 11.3 Å². The molecule has 0 bridgehead atoms. The summed E-state index contributed by atoms with van der Waals surface area (Å²) >= 11 is 1.39. The number of aryl methyl sites for hydroxylation is 1. The highest BCUT2D eigenvalue weighted by Gasteiger charge is 2.10. The second kappa shape index (κ2) is 4.28. The van der Waals surface area contributed by atoms with Crippen LogP contribution in [0, 0.1) is 12.1 Å². The van der Waals surface area contributed by atoms with Crippen LogP contribution < -0.4 is 10.0 Å². The molecule has 0 saturated carbocycles. The lowest BCUT2D eigenvalue weighted by molar-refractivity contribution is -0.605. The molecule has 16 heavy (non-hydrogen) atoms. The zero-order chi connectivity index (χ0) is 11.5. The molecule has 82 valence electrons. The first-order valence-electron chi connectivity index (χ1n) is 4.58. The average Bonchev–Trinajstić information content (AvgIpc) is 2.64. The van der Waals surface area contributed by atoms with Crippen molar-refractivity contribution in [3.05, 3.63) is 46.4 Å². The minimum Gasteiger partial charge on any atom is -0.619 e. The van der Waals surface area contributed by atoms with Crippen LogP contribution in [0.1, 0.15) is 15.2 Å². The summed E-state index contributed by atoms with van der Waals surface area (Å²) < 4.78 is 0.585. The smallest absolute Gasteiger partial charge is 0.263 e. The molecule has 0 spiro atoms. The van der Waals surface area contributed by atoms with Crippen molar-refractivity contribution in [1.82, 2.24) is 4.98 Å². The van der Waals surface area contributed by atoms with E-state index in [1.807, 2.05) is 6.92 Å². The predicted octanol–water partition coefficient (Wildman–Crippen LogP) is 1.34. The van der Waals surface area contributed by atoms with Crippen LogP contribution in [-0.2, 0) is 0 Å². The van der Waals surface area contributed by atoms with Crippen LogP contribution in [0.15, 0.2) is 30.7 Å². The van der Waals surface area contributed by atoms with E-state index in [1.54, 1.807) is 12.3 Å². The molecule has 0 radical (unpaired) electrons. The summed E-state index contributed by atoms with van der Waals surface area (Å²) in [5, 5.41) is 14.1. The number of amides is 1. The number of nitrogens with one attached hydrogen (secondary N) is 1. The number of aromatic nitrogens is 2. The van der Waals surface area contributed by atoms with Crippen molar-refractivity contribution in [2.45, 2.75) is 6.92 Å². The summed E-state index contributed by atoms with van der Waals surface area (Å²) in [6.45, 7) is 1.90. The Morgan fingerprint density at radius 3 is 3.06 bits per heavy atom. The third kappa shape index (κ3) is 2.34. The van der Waals surface area contributed by atoms with Gasteiger partial charge in [-0.2, -0.15) is 4.73 Å². The van der Waals surface area contributed by atoms with E-state index in [9.17, 15) is 10.0 Å². The minimum absolute atomic E-state index is 0.311. The molecule has 0 unspecified atom stereocenters. The number of pyridine rings is 1. The van der Waals surface area contributed by atoms with Gasteiger partial charge in [-0.15, -0.1) is 11.3 Å². The van der Waals surface area contributed by atoms with Crippen molar-refractivity contribution >= 4 is 22.4 Å². The lowest BCUT2D eigenvalue weighted by Gasteiger charge is -2.01. The Kier molecular flexibility index (Phi) is 2.82. The van der Waals surface area contributed by atoms with Gasteiger partial charge >= 0.3 is 0 Å². The van der Waals surface area contributed by atoms with E-state index >= 15 is 0 Å². The molecule has 1 N–H and O–H groups in total. The number of hydrogen-bond donors (Lipinski definition) is 1. The second-order valence-electron chi connectivity index (χ2n) is 3.18. The molecule has 2 heterocycles. The van der Waals surface area contributed by atoms with E-state index in [2.05, 4.69) is 10.3 Å². The van der Waals surface area contributed by atoms with E-state index in [0.29, 0.717) is 15.4 Å². The highest BCUT2D eigenvalue weighted by atomic mass is 32.1. The van der Waals surface area contributed by atoms with Crippen LogP contribution in [0.3, 0.4) is 0 Å². The summed E-state index contributed by atoms with van der Waals surface area (Å²) in [5.74, 6) is -0.334. The summed E-state index contributed by atoms with van der Waals surface area (Å²) in [7, 11) is 0. The van der Waals surface area contributed by atoms with Gasteiger partial charge in [0.2, 0.25) is 0 Å². The highest BCUT2D eigenvalue weighted by Crippen LogP contribution is 2.17. The van der Waals surface area contributed by atoms with Crippen molar-refractivity contribution in [1.29, 1.82) is 0 Å². The topological polar surface area (TPSA) is 68.9 Å². The van der Waals surface area contributed by atoms with Gasteiger partial charge in [-0.1, -0.05) is 0 Å². The van der Waals surface area contributed by atoms with Gasteiger partial charge in [0.15, 0.2) is 17.5 Å². The van der Waals surface area contributed by atoms with E-state index in [4.69, 9.17) is 0 Å². The standard InChI is InChI=1S/C10H9N3O2S/c1-7-5-11-10(16-7)12-9(14)8-3-2-4-13(15)6-8/h2-6H,1H3,(H,11,12,14). The van der Waals surface area contributed by atoms with Gasteiger partial charge in [0.1, 0.15) is 5.56 Å². The normalized spacial score (nSPS) is 10.1. The second-order valence-corrected chi connectivity index (χ2v) is 4.42. The van der Waals surface area contributed by atoms with Crippen molar-refractivity contribution in [2.24, 2.45) is 0 Å². The Balaban J connectivity index is 2.14. The lowest BCUT2D eigenvalue weighted by atomic mass is 10.3. The van der Waals surface area contributed by atoms with Gasteiger partial charge < -0.3 is 5.21 Å². The SMILES string of the molecule is Cc1cnc(NC(=O)c2ccc[n+]([O-])c2)s1. The third-order valence-corrected chi connectivity index (χ3v) is 2.71. The molecule has 0 aliphatic heterocycles. The Morgan fingerprint density at radius 2 is 2.44 bits per heavy atom. The average molecular weight is 235 g/mol. The molecule has 2 aromatic heterocycles. The third-order valence-electron chi connectivity index (χ3n) is 1.88. The Morgan fingerprint density at radius 1 is 1.62 bits per heavy atom. The van der Waals surface area contributed by atoms with E-state index < -0.39 is 0 Å². The monoisotopic (exact) mass is 235 g/mol. The molecule has 0 saturated heterocycles. The molecule has 0 aliphatic carbocycles. The molecule has 0 fully saturated rings. The number of nitrogens with zero attached hydrogens (tertiary/aromatic N) is 2. The summed E-state index contributed by atoms with van der Waals surface area (Å²) in [5.41, 5.74) is 0.311. The van der Waals surface area contributed by atoms with Gasteiger partial charge in [-0.05, 0) is 13.0 Å². The molecule has 6 heteroatoms. The maximum absolute atomic E-state index is 11.7. The Bertz CT molecular complexity index is 524. The number of hydrogen-bond acceptors (Lipinski definition) is 4. The number of carbonyl (C=O) groups excluding carboxylic acids is 1. The Hall–Kier alpha value is -1.95. The largest absolute Gasteiger partial charge is 0.619 e. The number of carbonyl (C=O) groups is 1. The maximum Gasteiger partial charge on any atom is 0.263 e. The fourth-order valence-corrected chi connectivity index (χ4v) is 1.83. The number of anilines is 1. The minimum atomic E-state index is -0.334. The zero-order valence-corrected chi connectivity index (χ0v) is 9.32. The molecule has 2 aromatic rings. The Labute approximate surface area is 96.0 Å². The predicted molar refractivity (Wildman–Crippen MR) is 60.2 cm³/mol. The van der Waals surface area contributed by atoms with Gasteiger partial charge in [0, 0.05) is 17.1 Å². The molecule has 0 aliphatic rings. The van der Waals surface area contributed by atoms with Crippen LogP contribution in [0.4, 0.5) is 5.13 Å². The van der Waals surface area contributed by atoms with Crippen LogP contribution in [0.5, 0.6) is 0 Å². The molecule has 1 amide bonds. The van der Waals surface area contributed by atoms with Gasteiger partial charge in [0.25, 0.3) is 5.91 Å². The quantitative estimate of drug-likeness (QED) is 0.630. The van der Waals surface area contributed by atoms with Crippen LogP contribution in [0.25, 0.3) is 0 Å². The van der Waals surface area contributed by atoms with Crippen molar-refractivity contribution in [3.8, 4) is 0 Å². The molecule has 0 atom stereocenters. The maximum atomic E-state index is 11.7. The van der Waals surface area contributed by atoms with Crippen molar-refractivity contribution < 1.29 is 9.52 Å². The first-order chi connectivity index (χ1) is 7.65. The van der Waals surface area contributed by atoms with Gasteiger partial charge in [-0.3, -0.25) is 10.1 Å². The van der Waals surface area contributed by atoms with Gasteiger partial charge in [-0.25, -0.2) is 4.98 Å². The van der Waals surface area contributed by atoms with E-state index in [1.165, 1.54) is 29.8 Å². The van der Waals surface area contributed by atoms with Crippen LogP contribution in [-0.4, -0.2) is 10.9 Å². The zero-order valence-electron chi connectivity index (χ0n) is 8.51. The molecule has 5 nitrogen and oxygen atoms in total. The summed E-state index contributed by atoms with van der Waals surface area (Å²) in [6, 6.07) is 3.10. The summed E-state index contributed by atoms with van der Waals surface area (Å²) in [4.78, 5) is 16.7. The van der Waals surface area contributed by atoms with Crippen LogP contribution in [0.2, 0.25) is 0 Å².